The fourth-order valence-corrected chi connectivity index (χ4v) is 1.79. The summed E-state index contributed by atoms with van der Waals surface area (Å²) in [5, 5.41) is 15.3. The highest BCUT2D eigenvalue weighted by Gasteiger charge is 2.18. The van der Waals surface area contributed by atoms with Crippen LogP contribution >= 0.6 is 0 Å². The van der Waals surface area contributed by atoms with Gasteiger partial charge in [-0.1, -0.05) is 31.2 Å². The van der Waals surface area contributed by atoms with Gasteiger partial charge in [-0.3, -0.25) is 0 Å². The van der Waals surface area contributed by atoms with E-state index in [1.807, 2.05) is 6.92 Å². The maximum absolute atomic E-state index is 12.1. The molecule has 0 radical (unpaired) electrons. The number of rotatable bonds is 3. The molecule has 0 aromatic carbocycles. The Bertz CT molecular complexity index is 528. The maximum atomic E-state index is 12.1. The first-order valence-electron chi connectivity index (χ1n) is 5.98. The molecular formula is C11H16N6O. The molecule has 0 amide bonds. The Hall–Kier alpha value is -2.05. The van der Waals surface area contributed by atoms with Crippen LogP contribution in [0, 0.1) is 5.92 Å². The smallest absolute Gasteiger partial charge is 0.243 e. The topological polar surface area (TPSA) is 78.5 Å². The quantitative estimate of drug-likeness (QED) is 0.814. The van der Waals surface area contributed by atoms with Crippen molar-refractivity contribution >= 4 is 6.03 Å². The highest BCUT2D eigenvalue weighted by atomic mass is 16.2. The molecule has 0 spiro atoms. The van der Waals surface area contributed by atoms with Crippen LogP contribution in [0.2, 0.25) is 0 Å². The van der Waals surface area contributed by atoms with Crippen LogP contribution in [0.25, 0.3) is 0 Å². The van der Waals surface area contributed by atoms with Gasteiger partial charge in [0, 0.05) is 0 Å². The Labute approximate surface area is 105 Å². The molecule has 0 aliphatic heterocycles. The third-order valence-electron chi connectivity index (χ3n) is 2.58. The summed E-state index contributed by atoms with van der Waals surface area (Å²) in [6.07, 6.45) is 4.46. The summed E-state index contributed by atoms with van der Waals surface area (Å²) in [6, 6.07) is -0.355. The van der Waals surface area contributed by atoms with Crippen molar-refractivity contribution in [2.24, 2.45) is 5.92 Å². The summed E-state index contributed by atoms with van der Waals surface area (Å²) in [6.45, 7) is 6.20. The predicted molar refractivity (Wildman–Crippen MR) is 64.2 cm³/mol. The van der Waals surface area contributed by atoms with Crippen LogP contribution in [0.5, 0.6) is 0 Å². The summed E-state index contributed by atoms with van der Waals surface area (Å²) in [5.74, 6) is 0.474. The second-order valence-electron chi connectivity index (χ2n) is 4.48. The molecule has 0 saturated heterocycles. The van der Waals surface area contributed by atoms with Gasteiger partial charge in [0.2, 0.25) is 0 Å². The average molecular weight is 248 g/mol. The molecule has 0 bridgehead atoms. The molecule has 0 N–H and O–H groups in total. The van der Waals surface area contributed by atoms with Gasteiger partial charge in [-0.25, -0.2) is 4.79 Å². The molecule has 0 unspecified atom stereocenters. The minimum Gasteiger partial charge on any atom is -0.243 e. The molecule has 0 fully saturated rings. The van der Waals surface area contributed by atoms with E-state index in [9.17, 15) is 4.79 Å². The lowest BCUT2D eigenvalue weighted by Gasteiger charge is -2.05. The van der Waals surface area contributed by atoms with E-state index in [0.717, 1.165) is 22.5 Å². The van der Waals surface area contributed by atoms with Crippen LogP contribution in [-0.4, -0.2) is 36.0 Å². The van der Waals surface area contributed by atoms with E-state index in [2.05, 4.69) is 34.5 Å². The minimum atomic E-state index is -0.355. The SMILES string of the molecule is CCc1c(CC(C)C)nnn1C(=O)n1ccnn1. The zero-order chi connectivity index (χ0) is 13.1. The number of aromatic nitrogens is 6. The largest absolute Gasteiger partial charge is 0.372 e. The molecule has 0 aliphatic rings. The summed E-state index contributed by atoms with van der Waals surface area (Å²) in [7, 11) is 0. The Kier molecular flexibility index (Phi) is 3.50. The summed E-state index contributed by atoms with van der Waals surface area (Å²) < 4.78 is 2.44. The Morgan fingerprint density at radius 3 is 2.72 bits per heavy atom. The summed E-state index contributed by atoms with van der Waals surface area (Å²) >= 11 is 0. The fraction of sp³-hybridized carbons (Fsp3) is 0.545. The van der Waals surface area contributed by atoms with E-state index in [4.69, 9.17) is 0 Å². The number of nitrogens with zero attached hydrogens (tertiary/aromatic N) is 6. The maximum Gasteiger partial charge on any atom is 0.372 e. The van der Waals surface area contributed by atoms with Crippen molar-refractivity contribution in [2.45, 2.75) is 33.6 Å². The van der Waals surface area contributed by atoms with Crippen molar-refractivity contribution in [1.82, 2.24) is 30.0 Å². The minimum absolute atomic E-state index is 0.355. The van der Waals surface area contributed by atoms with E-state index >= 15 is 0 Å². The molecule has 0 saturated carbocycles. The molecule has 2 aromatic rings. The second-order valence-corrected chi connectivity index (χ2v) is 4.48. The first kappa shape index (κ1) is 12.4. The molecule has 0 aliphatic carbocycles. The van der Waals surface area contributed by atoms with E-state index in [0.29, 0.717) is 12.3 Å². The first-order chi connectivity index (χ1) is 8.63. The van der Waals surface area contributed by atoms with Crippen LogP contribution in [0.15, 0.2) is 12.4 Å². The molecule has 7 nitrogen and oxygen atoms in total. The molecule has 18 heavy (non-hydrogen) atoms. The lowest BCUT2D eigenvalue weighted by molar-refractivity contribution is 0.236. The van der Waals surface area contributed by atoms with Crippen LogP contribution in [-0.2, 0) is 12.8 Å². The normalized spacial score (nSPS) is 11.1. The van der Waals surface area contributed by atoms with Crippen molar-refractivity contribution in [3.63, 3.8) is 0 Å². The van der Waals surface area contributed by atoms with Gasteiger partial charge in [0.15, 0.2) is 0 Å². The fourth-order valence-electron chi connectivity index (χ4n) is 1.79. The molecule has 2 heterocycles. The second kappa shape index (κ2) is 5.07. The number of carbonyl (C=O) groups is 1. The van der Waals surface area contributed by atoms with Gasteiger partial charge in [0.1, 0.15) is 0 Å². The van der Waals surface area contributed by atoms with E-state index in [-0.39, 0.29) is 6.03 Å². The lowest BCUT2D eigenvalue weighted by atomic mass is 10.1. The Morgan fingerprint density at radius 2 is 2.17 bits per heavy atom. The van der Waals surface area contributed by atoms with Gasteiger partial charge < -0.3 is 0 Å². The molecule has 96 valence electrons. The third-order valence-corrected chi connectivity index (χ3v) is 2.58. The van der Waals surface area contributed by atoms with Crippen molar-refractivity contribution in [1.29, 1.82) is 0 Å². The van der Waals surface area contributed by atoms with Crippen molar-refractivity contribution in [3.8, 4) is 0 Å². The van der Waals surface area contributed by atoms with Crippen LogP contribution in [0.4, 0.5) is 4.79 Å². The van der Waals surface area contributed by atoms with Gasteiger partial charge in [-0.05, 0) is 18.8 Å². The average Bonchev–Trinajstić information content (AvgIpc) is 2.95. The number of hydrogen-bond donors (Lipinski definition) is 0. The van der Waals surface area contributed by atoms with Gasteiger partial charge in [-0.2, -0.15) is 9.36 Å². The van der Waals surface area contributed by atoms with Crippen molar-refractivity contribution < 1.29 is 4.79 Å². The molecular weight excluding hydrogens is 232 g/mol. The Morgan fingerprint density at radius 1 is 1.39 bits per heavy atom. The zero-order valence-corrected chi connectivity index (χ0v) is 10.7. The molecule has 0 atom stereocenters. The molecule has 7 heteroatoms. The van der Waals surface area contributed by atoms with E-state index in [1.54, 1.807) is 0 Å². The number of carbonyl (C=O) groups excluding carboxylic acids is 1. The van der Waals surface area contributed by atoms with E-state index in [1.165, 1.54) is 17.1 Å². The van der Waals surface area contributed by atoms with Crippen LogP contribution in [0.1, 0.15) is 32.2 Å². The van der Waals surface area contributed by atoms with Gasteiger partial charge >= 0.3 is 6.03 Å². The van der Waals surface area contributed by atoms with Crippen molar-refractivity contribution in [3.05, 3.63) is 23.8 Å². The summed E-state index contributed by atoms with van der Waals surface area (Å²) in [4.78, 5) is 12.1. The summed E-state index contributed by atoms with van der Waals surface area (Å²) in [5.41, 5.74) is 1.71. The monoisotopic (exact) mass is 248 g/mol. The molecule has 2 aromatic heterocycles. The lowest BCUT2D eigenvalue weighted by Crippen LogP contribution is -2.23. The highest BCUT2D eigenvalue weighted by Crippen LogP contribution is 2.12. The standard InChI is InChI=1S/C11H16N6O/c1-4-10-9(7-8(2)3)13-15-17(10)11(18)16-6-5-12-14-16/h5-6,8H,4,7H2,1-3H3. The Balaban J connectivity index is 2.34. The van der Waals surface area contributed by atoms with Gasteiger partial charge in [0.05, 0.1) is 23.8 Å². The zero-order valence-electron chi connectivity index (χ0n) is 10.7. The highest BCUT2D eigenvalue weighted by molar-refractivity contribution is 5.77. The van der Waals surface area contributed by atoms with Crippen LogP contribution in [0.3, 0.4) is 0 Å². The molecule has 2 rings (SSSR count). The van der Waals surface area contributed by atoms with Crippen LogP contribution < -0.4 is 0 Å². The van der Waals surface area contributed by atoms with E-state index < -0.39 is 0 Å². The van der Waals surface area contributed by atoms with Crippen molar-refractivity contribution in [2.75, 3.05) is 0 Å². The number of hydrogen-bond acceptors (Lipinski definition) is 5. The third kappa shape index (κ3) is 2.29. The van der Waals surface area contributed by atoms with Gasteiger partial charge in [-0.15, -0.1) is 10.2 Å². The van der Waals surface area contributed by atoms with Gasteiger partial charge in [0.25, 0.3) is 0 Å². The predicted octanol–water partition coefficient (Wildman–Crippen LogP) is 1.15. The first-order valence-corrected chi connectivity index (χ1v) is 5.98.